The number of pyridine rings is 1. The second-order valence-electron chi connectivity index (χ2n) is 4.40. The molecule has 0 aliphatic heterocycles. The molecule has 1 heterocycles. The number of rotatable bonds is 3. The highest BCUT2D eigenvalue weighted by Gasteiger charge is 2.27. The second-order valence-corrected chi connectivity index (χ2v) is 5.21. The summed E-state index contributed by atoms with van der Waals surface area (Å²) in [6.45, 7) is 0.156. The lowest BCUT2D eigenvalue weighted by Crippen LogP contribution is -2.39. The van der Waals surface area contributed by atoms with E-state index >= 15 is 0 Å². The number of carbonyl (C=O) groups excluding carboxylic acids is 1. The van der Waals surface area contributed by atoms with Crippen LogP contribution >= 0.6 is 15.9 Å². The molecule has 18 heavy (non-hydrogen) atoms. The van der Waals surface area contributed by atoms with Crippen LogP contribution in [0.15, 0.2) is 22.9 Å². The van der Waals surface area contributed by atoms with E-state index in [1.54, 1.807) is 23.2 Å². The Kier molecular flexibility index (Phi) is 4.32. The molecule has 0 unspecified atom stereocenters. The third kappa shape index (κ3) is 2.88. The first kappa shape index (κ1) is 13.0. The summed E-state index contributed by atoms with van der Waals surface area (Å²) in [6.07, 6.45) is 5.87. The van der Waals surface area contributed by atoms with Crippen molar-refractivity contribution in [2.45, 2.75) is 31.7 Å². The normalized spacial score (nSPS) is 15.3. The predicted octanol–water partition coefficient (Wildman–Crippen LogP) is 2.75. The van der Waals surface area contributed by atoms with E-state index in [9.17, 15) is 4.79 Å². The van der Waals surface area contributed by atoms with Crippen molar-refractivity contribution in [2.75, 3.05) is 6.54 Å². The monoisotopic (exact) mass is 307 g/mol. The summed E-state index contributed by atoms with van der Waals surface area (Å²) in [4.78, 5) is 18.1. The van der Waals surface area contributed by atoms with E-state index in [4.69, 9.17) is 5.26 Å². The van der Waals surface area contributed by atoms with Crippen molar-refractivity contribution in [3.8, 4) is 6.07 Å². The van der Waals surface area contributed by atoms with Crippen LogP contribution in [-0.2, 0) is 0 Å². The zero-order chi connectivity index (χ0) is 13.0. The Bertz CT molecular complexity index is 477. The van der Waals surface area contributed by atoms with Gasteiger partial charge in [0.1, 0.15) is 11.1 Å². The van der Waals surface area contributed by atoms with Crippen molar-refractivity contribution in [3.63, 3.8) is 0 Å². The van der Waals surface area contributed by atoms with Crippen LogP contribution in [0.25, 0.3) is 0 Å². The summed E-state index contributed by atoms with van der Waals surface area (Å²) in [7, 11) is 0. The molecule has 1 aliphatic carbocycles. The van der Waals surface area contributed by atoms with Gasteiger partial charge in [0, 0.05) is 17.8 Å². The predicted molar refractivity (Wildman–Crippen MR) is 70.8 cm³/mol. The van der Waals surface area contributed by atoms with Crippen LogP contribution in [0.1, 0.15) is 36.0 Å². The number of nitrogens with zero attached hydrogens (tertiary/aromatic N) is 3. The van der Waals surface area contributed by atoms with Gasteiger partial charge in [-0.25, -0.2) is 4.98 Å². The van der Waals surface area contributed by atoms with Crippen molar-refractivity contribution in [3.05, 3.63) is 28.5 Å². The highest BCUT2D eigenvalue weighted by atomic mass is 79.9. The van der Waals surface area contributed by atoms with E-state index in [0.29, 0.717) is 10.2 Å². The molecule has 94 valence electrons. The standard InChI is InChI=1S/C13H14BrN3O/c14-12-9-10(5-7-16-12)13(18)17(8-6-15)11-3-1-2-4-11/h5,7,9,11H,1-4,8H2. The molecule has 0 radical (unpaired) electrons. The number of amides is 1. The summed E-state index contributed by atoms with van der Waals surface area (Å²) < 4.78 is 0.636. The van der Waals surface area contributed by atoms with Crippen molar-refractivity contribution in [1.29, 1.82) is 5.26 Å². The highest BCUT2D eigenvalue weighted by Crippen LogP contribution is 2.25. The molecule has 1 aromatic heterocycles. The van der Waals surface area contributed by atoms with Gasteiger partial charge in [-0.05, 0) is 40.9 Å². The van der Waals surface area contributed by atoms with Gasteiger partial charge < -0.3 is 4.90 Å². The summed E-state index contributed by atoms with van der Waals surface area (Å²) in [5.41, 5.74) is 0.582. The molecule has 4 nitrogen and oxygen atoms in total. The van der Waals surface area contributed by atoms with Gasteiger partial charge in [-0.3, -0.25) is 4.79 Å². The topological polar surface area (TPSA) is 57.0 Å². The highest BCUT2D eigenvalue weighted by molar-refractivity contribution is 9.10. The third-order valence-electron chi connectivity index (χ3n) is 3.24. The van der Waals surface area contributed by atoms with E-state index in [0.717, 1.165) is 25.7 Å². The Hall–Kier alpha value is -1.41. The molecular formula is C13H14BrN3O. The van der Waals surface area contributed by atoms with Crippen LogP contribution in [0.4, 0.5) is 0 Å². The zero-order valence-electron chi connectivity index (χ0n) is 9.97. The van der Waals surface area contributed by atoms with Gasteiger partial charge in [-0.1, -0.05) is 12.8 Å². The summed E-state index contributed by atoms with van der Waals surface area (Å²) in [5, 5.41) is 8.88. The van der Waals surface area contributed by atoms with Crippen LogP contribution in [-0.4, -0.2) is 28.4 Å². The van der Waals surface area contributed by atoms with Crippen molar-refractivity contribution >= 4 is 21.8 Å². The molecule has 0 atom stereocenters. The van der Waals surface area contributed by atoms with Gasteiger partial charge in [-0.2, -0.15) is 5.26 Å². The van der Waals surface area contributed by atoms with Crippen molar-refractivity contribution in [2.24, 2.45) is 0 Å². The second kappa shape index (κ2) is 5.96. The lowest BCUT2D eigenvalue weighted by Gasteiger charge is -2.26. The smallest absolute Gasteiger partial charge is 0.255 e. The fraction of sp³-hybridized carbons (Fsp3) is 0.462. The van der Waals surface area contributed by atoms with E-state index in [2.05, 4.69) is 27.0 Å². The first-order valence-electron chi connectivity index (χ1n) is 6.02. The molecule has 1 amide bonds. The largest absolute Gasteiger partial charge is 0.322 e. The van der Waals surface area contributed by atoms with Gasteiger partial charge >= 0.3 is 0 Å². The van der Waals surface area contributed by atoms with Crippen molar-refractivity contribution < 1.29 is 4.79 Å². The van der Waals surface area contributed by atoms with Crippen LogP contribution in [0.3, 0.4) is 0 Å². The van der Waals surface area contributed by atoms with Crippen molar-refractivity contribution in [1.82, 2.24) is 9.88 Å². The number of carbonyl (C=O) groups is 1. The molecule has 1 fully saturated rings. The van der Waals surface area contributed by atoms with Gasteiger partial charge in [0.2, 0.25) is 0 Å². The number of halogens is 1. The number of hydrogen-bond donors (Lipinski definition) is 0. The van der Waals surface area contributed by atoms with Gasteiger partial charge in [-0.15, -0.1) is 0 Å². The SMILES string of the molecule is N#CCN(C(=O)c1ccnc(Br)c1)C1CCCC1. The van der Waals surface area contributed by atoms with E-state index in [1.807, 2.05) is 0 Å². The Morgan fingerprint density at radius 1 is 1.56 bits per heavy atom. The summed E-state index contributed by atoms with van der Waals surface area (Å²) in [5.74, 6) is -0.0773. The molecule has 0 N–H and O–H groups in total. The summed E-state index contributed by atoms with van der Waals surface area (Å²) >= 11 is 3.26. The zero-order valence-corrected chi connectivity index (χ0v) is 11.6. The molecule has 0 bridgehead atoms. The lowest BCUT2D eigenvalue weighted by atomic mass is 10.1. The first-order valence-corrected chi connectivity index (χ1v) is 6.81. The molecule has 5 heteroatoms. The number of aromatic nitrogens is 1. The third-order valence-corrected chi connectivity index (χ3v) is 3.67. The van der Waals surface area contributed by atoms with E-state index < -0.39 is 0 Å². The quantitative estimate of drug-likeness (QED) is 0.637. The molecule has 1 aromatic rings. The maximum absolute atomic E-state index is 12.4. The maximum atomic E-state index is 12.4. The molecule has 2 rings (SSSR count). The number of nitriles is 1. The molecular weight excluding hydrogens is 294 g/mol. The van der Waals surface area contributed by atoms with Crippen LogP contribution in [0.2, 0.25) is 0 Å². The van der Waals surface area contributed by atoms with E-state index in [1.165, 1.54) is 0 Å². The van der Waals surface area contributed by atoms with Crippen LogP contribution < -0.4 is 0 Å². The Labute approximate surface area is 115 Å². The minimum Gasteiger partial charge on any atom is -0.322 e. The summed E-state index contributed by atoms with van der Waals surface area (Å²) in [6, 6.07) is 5.68. The van der Waals surface area contributed by atoms with Gasteiger partial charge in [0.25, 0.3) is 5.91 Å². The van der Waals surface area contributed by atoms with Crippen LogP contribution in [0.5, 0.6) is 0 Å². The fourth-order valence-corrected chi connectivity index (χ4v) is 2.73. The average molecular weight is 308 g/mol. The Morgan fingerprint density at radius 3 is 2.89 bits per heavy atom. The molecule has 0 saturated heterocycles. The minimum atomic E-state index is -0.0773. The van der Waals surface area contributed by atoms with Gasteiger partial charge in [0.05, 0.1) is 6.07 Å². The fourth-order valence-electron chi connectivity index (χ4n) is 2.36. The molecule has 0 aromatic carbocycles. The molecule has 1 aliphatic rings. The minimum absolute atomic E-state index is 0.0773. The van der Waals surface area contributed by atoms with Crippen LogP contribution in [0, 0.1) is 11.3 Å². The Morgan fingerprint density at radius 2 is 2.28 bits per heavy atom. The molecule has 1 saturated carbocycles. The number of hydrogen-bond acceptors (Lipinski definition) is 3. The lowest BCUT2D eigenvalue weighted by molar-refractivity contribution is 0.0709. The first-order chi connectivity index (χ1) is 8.72. The Balaban J connectivity index is 2.20. The average Bonchev–Trinajstić information content (AvgIpc) is 2.89. The van der Waals surface area contributed by atoms with E-state index in [-0.39, 0.29) is 18.5 Å². The molecule has 0 spiro atoms. The maximum Gasteiger partial charge on any atom is 0.255 e. The van der Waals surface area contributed by atoms with Gasteiger partial charge in [0.15, 0.2) is 0 Å².